The second kappa shape index (κ2) is 5.90. The first-order valence-electron chi connectivity index (χ1n) is 6.39. The molecule has 1 aromatic carbocycles. The summed E-state index contributed by atoms with van der Waals surface area (Å²) in [4.78, 5) is 15.5. The van der Waals surface area contributed by atoms with Crippen LogP contribution in [-0.2, 0) is 11.3 Å². The van der Waals surface area contributed by atoms with Gasteiger partial charge in [0.15, 0.2) is 0 Å². The van der Waals surface area contributed by atoms with Gasteiger partial charge >= 0.3 is 6.09 Å². The van der Waals surface area contributed by atoms with Gasteiger partial charge in [-0.2, -0.15) is 4.98 Å². The number of nitrogens with one attached hydrogen (secondary N) is 1. The van der Waals surface area contributed by atoms with E-state index in [9.17, 15) is 9.18 Å². The van der Waals surface area contributed by atoms with Crippen LogP contribution < -0.4 is 5.32 Å². The van der Waals surface area contributed by atoms with Crippen LogP contribution in [0.15, 0.2) is 28.8 Å². The normalized spacial score (nSPS) is 11.2. The van der Waals surface area contributed by atoms with E-state index in [-0.39, 0.29) is 23.8 Å². The number of nitrogens with zero attached hydrogens (tertiary/aromatic N) is 2. The molecule has 0 unspecified atom stereocenters. The molecule has 0 saturated heterocycles. The van der Waals surface area contributed by atoms with Gasteiger partial charge in [-0.05, 0) is 32.9 Å². The van der Waals surface area contributed by atoms with Crippen molar-refractivity contribution in [1.29, 1.82) is 0 Å². The maximum absolute atomic E-state index is 13.6. The third-order valence-electron chi connectivity index (χ3n) is 2.37. The highest BCUT2D eigenvalue weighted by molar-refractivity contribution is 5.67. The molecule has 0 aliphatic heterocycles. The van der Waals surface area contributed by atoms with Crippen LogP contribution in [0, 0.1) is 5.82 Å². The fraction of sp³-hybridized carbons (Fsp3) is 0.357. The summed E-state index contributed by atoms with van der Waals surface area (Å²) < 4.78 is 23.6. The van der Waals surface area contributed by atoms with Crippen LogP contribution >= 0.6 is 0 Å². The van der Waals surface area contributed by atoms with E-state index >= 15 is 0 Å². The first-order chi connectivity index (χ1) is 9.85. The number of halogens is 1. The quantitative estimate of drug-likeness (QED) is 0.941. The van der Waals surface area contributed by atoms with E-state index < -0.39 is 17.5 Å². The van der Waals surface area contributed by atoms with Gasteiger partial charge in [-0.15, -0.1) is 0 Å². The van der Waals surface area contributed by atoms with E-state index in [0.717, 1.165) is 0 Å². The summed E-state index contributed by atoms with van der Waals surface area (Å²) in [5.74, 6) is -0.141. The van der Waals surface area contributed by atoms with E-state index in [4.69, 9.17) is 9.26 Å². The number of ether oxygens (including phenoxy) is 1. The largest absolute Gasteiger partial charge is 0.444 e. The van der Waals surface area contributed by atoms with Crippen LogP contribution in [0.4, 0.5) is 9.18 Å². The fourth-order valence-electron chi connectivity index (χ4n) is 1.54. The predicted molar refractivity (Wildman–Crippen MR) is 72.8 cm³/mol. The van der Waals surface area contributed by atoms with Gasteiger partial charge in [0.25, 0.3) is 0 Å². The fourth-order valence-corrected chi connectivity index (χ4v) is 1.54. The molecule has 6 nitrogen and oxygen atoms in total. The van der Waals surface area contributed by atoms with E-state index in [1.54, 1.807) is 39.0 Å². The molecule has 0 atom stereocenters. The first-order valence-corrected chi connectivity index (χ1v) is 6.39. The third-order valence-corrected chi connectivity index (χ3v) is 2.37. The summed E-state index contributed by atoms with van der Waals surface area (Å²) >= 11 is 0. The number of hydrogen-bond donors (Lipinski definition) is 1. The molecule has 0 saturated carbocycles. The first kappa shape index (κ1) is 15.0. The zero-order chi connectivity index (χ0) is 15.5. The highest BCUT2D eigenvalue weighted by Crippen LogP contribution is 2.19. The predicted octanol–water partition coefficient (Wildman–Crippen LogP) is 2.90. The Hall–Kier alpha value is -2.44. The Balaban J connectivity index is 1.98. The molecule has 1 amide bonds. The summed E-state index contributed by atoms with van der Waals surface area (Å²) in [6.07, 6.45) is -0.590. The lowest BCUT2D eigenvalue weighted by Crippen LogP contribution is -2.32. The Bertz CT molecular complexity index is 634. The zero-order valence-electron chi connectivity index (χ0n) is 12.0. The topological polar surface area (TPSA) is 77.2 Å². The van der Waals surface area contributed by atoms with Gasteiger partial charge in [0.1, 0.15) is 18.0 Å². The van der Waals surface area contributed by atoms with Crippen molar-refractivity contribution in [2.75, 3.05) is 0 Å². The number of rotatable bonds is 3. The van der Waals surface area contributed by atoms with Gasteiger partial charge in [-0.3, -0.25) is 0 Å². The van der Waals surface area contributed by atoms with Gasteiger partial charge in [0.05, 0.1) is 5.56 Å². The lowest BCUT2D eigenvalue weighted by molar-refractivity contribution is 0.0518. The molecule has 2 rings (SSSR count). The minimum atomic E-state index is -0.590. The molecule has 1 N–H and O–H groups in total. The maximum Gasteiger partial charge on any atom is 0.408 e. The van der Waals surface area contributed by atoms with Crippen LogP contribution in [0.5, 0.6) is 0 Å². The third kappa shape index (κ3) is 4.27. The Morgan fingerprint density at radius 2 is 2.10 bits per heavy atom. The minimum absolute atomic E-state index is 0.0103. The summed E-state index contributed by atoms with van der Waals surface area (Å²) in [6.45, 7) is 5.29. The highest BCUT2D eigenvalue weighted by Gasteiger charge is 2.17. The van der Waals surface area contributed by atoms with E-state index in [2.05, 4.69) is 15.5 Å². The van der Waals surface area contributed by atoms with Crippen LogP contribution in [-0.4, -0.2) is 21.8 Å². The highest BCUT2D eigenvalue weighted by atomic mass is 19.1. The standard InChI is InChI=1S/C14H16FN3O3/c1-14(2,3)20-13(19)16-8-11-17-12(18-21-11)9-6-4-5-7-10(9)15/h4-7H,8H2,1-3H3,(H,16,19). The second-order valence-corrected chi connectivity index (χ2v) is 5.35. The van der Waals surface area contributed by atoms with Crippen molar-refractivity contribution in [1.82, 2.24) is 15.5 Å². The number of aromatic nitrogens is 2. The second-order valence-electron chi connectivity index (χ2n) is 5.35. The average molecular weight is 293 g/mol. The van der Waals surface area contributed by atoms with Gasteiger partial charge in [-0.1, -0.05) is 17.3 Å². The van der Waals surface area contributed by atoms with Crippen LogP contribution in [0.1, 0.15) is 26.7 Å². The van der Waals surface area contributed by atoms with Crippen molar-refractivity contribution in [2.45, 2.75) is 32.9 Å². The molecule has 0 radical (unpaired) electrons. The van der Waals surface area contributed by atoms with Crippen molar-refractivity contribution in [3.8, 4) is 11.4 Å². The summed E-state index contributed by atoms with van der Waals surface area (Å²) in [5.41, 5.74) is -0.346. The molecule has 112 valence electrons. The Kier molecular flexibility index (Phi) is 4.21. The Morgan fingerprint density at radius 3 is 2.76 bits per heavy atom. The molecule has 1 heterocycles. The summed E-state index contributed by atoms with van der Waals surface area (Å²) in [7, 11) is 0. The van der Waals surface area contributed by atoms with Crippen LogP contribution in [0.2, 0.25) is 0 Å². The molecule has 0 bridgehead atoms. The molecule has 2 aromatic rings. The number of carbonyl (C=O) groups is 1. The number of hydrogen-bond acceptors (Lipinski definition) is 5. The van der Waals surface area contributed by atoms with E-state index in [1.165, 1.54) is 6.07 Å². The van der Waals surface area contributed by atoms with Crippen molar-refractivity contribution in [2.24, 2.45) is 0 Å². The summed E-state index contributed by atoms with van der Waals surface area (Å²) in [5, 5.41) is 6.17. The average Bonchev–Trinajstić information content (AvgIpc) is 2.83. The molecular formula is C14H16FN3O3. The minimum Gasteiger partial charge on any atom is -0.444 e. The van der Waals surface area contributed by atoms with E-state index in [0.29, 0.717) is 0 Å². The molecule has 0 spiro atoms. The molecule has 0 fully saturated rings. The molecule has 21 heavy (non-hydrogen) atoms. The van der Waals surface area contributed by atoms with Crippen molar-refractivity contribution in [3.05, 3.63) is 36.0 Å². The van der Waals surface area contributed by atoms with Crippen LogP contribution in [0.3, 0.4) is 0 Å². The lowest BCUT2D eigenvalue weighted by atomic mass is 10.2. The number of amides is 1. The Morgan fingerprint density at radius 1 is 1.38 bits per heavy atom. The lowest BCUT2D eigenvalue weighted by Gasteiger charge is -2.19. The molecule has 0 aliphatic rings. The molecule has 7 heteroatoms. The number of alkyl carbamates (subject to hydrolysis) is 1. The van der Waals surface area contributed by atoms with Gasteiger partial charge in [0.2, 0.25) is 11.7 Å². The SMILES string of the molecule is CC(C)(C)OC(=O)NCc1nc(-c2ccccc2F)no1. The van der Waals surface area contributed by atoms with Crippen molar-refractivity contribution in [3.63, 3.8) is 0 Å². The van der Waals surface area contributed by atoms with Gasteiger partial charge in [-0.25, -0.2) is 9.18 Å². The molecule has 0 aliphatic carbocycles. The summed E-state index contributed by atoms with van der Waals surface area (Å²) in [6, 6.07) is 6.10. The monoisotopic (exact) mass is 293 g/mol. The smallest absolute Gasteiger partial charge is 0.408 e. The maximum atomic E-state index is 13.6. The van der Waals surface area contributed by atoms with Crippen molar-refractivity contribution < 1.29 is 18.4 Å². The van der Waals surface area contributed by atoms with Gasteiger partial charge in [0, 0.05) is 0 Å². The molecule has 1 aromatic heterocycles. The van der Waals surface area contributed by atoms with Crippen LogP contribution in [0.25, 0.3) is 11.4 Å². The van der Waals surface area contributed by atoms with E-state index in [1.807, 2.05) is 0 Å². The van der Waals surface area contributed by atoms with Gasteiger partial charge < -0.3 is 14.6 Å². The van der Waals surface area contributed by atoms with Crippen molar-refractivity contribution >= 4 is 6.09 Å². The Labute approximate surface area is 121 Å². The number of benzene rings is 1. The molecular weight excluding hydrogens is 277 g/mol. The zero-order valence-corrected chi connectivity index (χ0v) is 12.0. The number of carbonyl (C=O) groups excluding carboxylic acids is 1.